The number of nitrogens with zero attached hydrogens (tertiary/aromatic N) is 1. The second-order valence-corrected chi connectivity index (χ2v) is 6.44. The average molecular weight is 330 g/mol. The fraction of sp³-hybridized carbons (Fsp3) is 0.950. The molecular weight excluding hydrogens is 286 g/mol. The minimum atomic E-state index is -0.121. The van der Waals surface area contributed by atoms with Crippen LogP contribution in [-0.4, -0.2) is 30.2 Å². The highest BCUT2D eigenvalue weighted by atomic mass is 16.6. The number of hydrogen-bond acceptors (Lipinski definition) is 2. The number of amides is 1. The quantitative estimate of drug-likeness (QED) is 0.375. The first-order valence-corrected chi connectivity index (χ1v) is 9.98. The number of ether oxygens (including phenoxy) is 1. The van der Waals surface area contributed by atoms with Gasteiger partial charge in [-0.25, -0.2) is 4.79 Å². The Bertz CT molecular complexity index is 242. The van der Waals surface area contributed by atoms with E-state index in [4.69, 9.17) is 4.74 Å². The van der Waals surface area contributed by atoms with E-state index in [1.165, 1.54) is 38.5 Å². The van der Waals surface area contributed by atoms with Crippen LogP contribution in [0.2, 0.25) is 0 Å². The zero-order valence-electron chi connectivity index (χ0n) is 17.0. The van der Waals surface area contributed by atoms with Crippen molar-refractivity contribution >= 4 is 6.09 Å². The molecule has 3 heteroatoms. The molecule has 0 aromatic heterocycles. The van der Waals surface area contributed by atoms with Crippen molar-refractivity contribution in [3.63, 3.8) is 0 Å². The standard InChI is InChI=1S/C18H37NO2.C2H6/c1-6-8-10-12-14-19(15-13-11-9-7-2)18(20)21-17(5)16(3)4;1-2/h16-17H,6-15H2,1-5H3;1-2H3. The van der Waals surface area contributed by atoms with Crippen LogP contribution in [0.25, 0.3) is 0 Å². The Labute approximate surface area is 146 Å². The molecular formula is C20H43NO2. The van der Waals surface area contributed by atoms with Crippen LogP contribution < -0.4 is 0 Å². The van der Waals surface area contributed by atoms with Gasteiger partial charge in [0.25, 0.3) is 0 Å². The first-order valence-electron chi connectivity index (χ1n) is 9.98. The number of carbonyl (C=O) groups excluding carboxylic acids is 1. The molecule has 0 aliphatic rings. The van der Waals surface area contributed by atoms with Gasteiger partial charge < -0.3 is 9.64 Å². The molecule has 0 heterocycles. The van der Waals surface area contributed by atoms with Crippen LogP contribution in [0, 0.1) is 5.92 Å². The molecule has 0 aliphatic carbocycles. The second kappa shape index (κ2) is 17.6. The lowest BCUT2D eigenvalue weighted by atomic mass is 10.1. The van der Waals surface area contributed by atoms with Crippen molar-refractivity contribution in [1.82, 2.24) is 4.90 Å². The van der Waals surface area contributed by atoms with Crippen LogP contribution >= 0.6 is 0 Å². The Morgan fingerprint density at radius 1 is 0.826 bits per heavy atom. The molecule has 0 fully saturated rings. The topological polar surface area (TPSA) is 29.5 Å². The summed E-state index contributed by atoms with van der Waals surface area (Å²) >= 11 is 0. The Hall–Kier alpha value is -0.730. The van der Waals surface area contributed by atoms with Gasteiger partial charge in [-0.05, 0) is 25.7 Å². The van der Waals surface area contributed by atoms with E-state index < -0.39 is 0 Å². The predicted molar refractivity (Wildman–Crippen MR) is 102 cm³/mol. The smallest absolute Gasteiger partial charge is 0.410 e. The van der Waals surface area contributed by atoms with Gasteiger partial charge in [0.15, 0.2) is 0 Å². The van der Waals surface area contributed by atoms with Gasteiger partial charge in [0.1, 0.15) is 6.10 Å². The van der Waals surface area contributed by atoms with Gasteiger partial charge in [0.05, 0.1) is 0 Å². The van der Waals surface area contributed by atoms with Crippen LogP contribution in [0.4, 0.5) is 4.79 Å². The Balaban J connectivity index is 0. The largest absolute Gasteiger partial charge is 0.446 e. The summed E-state index contributed by atoms with van der Waals surface area (Å²) in [6, 6.07) is 0. The summed E-state index contributed by atoms with van der Waals surface area (Å²) in [7, 11) is 0. The predicted octanol–water partition coefficient (Wildman–Crippen LogP) is 6.66. The van der Waals surface area contributed by atoms with Crippen molar-refractivity contribution in [3.05, 3.63) is 0 Å². The fourth-order valence-electron chi connectivity index (χ4n) is 2.12. The first kappa shape index (κ1) is 24.5. The zero-order chi connectivity index (χ0) is 18.1. The van der Waals surface area contributed by atoms with E-state index in [1.807, 2.05) is 25.7 Å². The highest BCUT2D eigenvalue weighted by Crippen LogP contribution is 2.11. The van der Waals surface area contributed by atoms with Crippen molar-refractivity contribution in [2.45, 2.75) is 106 Å². The Morgan fingerprint density at radius 2 is 1.26 bits per heavy atom. The molecule has 1 amide bonds. The normalized spacial score (nSPS) is 11.7. The summed E-state index contributed by atoms with van der Waals surface area (Å²) in [6.07, 6.45) is 9.41. The Morgan fingerprint density at radius 3 is 1.61 bits per heavy atom. The molecule has 3 nitrogen and oxygen atoms in total. The molecule has 0 rings (SSSR count). The second-order valence-electron chi connectivity index (χ2n) is 6.44. The van der Waals surface area contributed by atoms with Gasteiger partial charge in [-0.15, -0.1) is 0 Å². The minimum Gasteiger partial charge on any atom is -0.446 e. The third-order valence-corrected chi connectivity index (χ3v) is 4.05. The fourth-order valence-corrected chi connectivity index (χ4v) is 2.12. The molecule has 0 aromatic rings. The molecule has 0 spiro atoms. The number of carbonyl (C=O) groups is 1. The van der Waals surface area contributed by atoms with E-state index in [2.05, 4.69) is 27.7 Å². The highest BCUT2D eigenvalue weighted by Gasteiger charge is 2.18. The molecule has 23 heavy (non-hydrogen) atoms. The van der Waals surface area contributed by atoms with Gasteiger partial charge in [-0.1, -0.05) is 80.1 Å². The minimum absolute atomic E-state index is 0.00807. The molecule has 0 saturated carbocycles. The maximum absolute atomic E-state index is 12.3. The molecule has 0 saturated heterocycles. The van der Waals surface area contributed by atoms with Crippen LogP contribution in [-0.2, 0) is 4.74 Å². The van der Waals surface area contributed by atoms with Crippen LogP contribution in [0.3, 0.4) is 0 Å². The monoisotopic (exact) mass is 329 g/mol. The van der Waals surface area contributed by atoms with Crippen molar-refractivity contribution in [2.24, 2.45) is 5.92 Å². The molecule has 140 valence electrons. The molecule has 0 aromatic carbocycles. The zero-order valence-corrected chi connectivity index (χ0v) is 17.0. The van der Waals surface area contributed by atoms with E-state index in [9.17, 15) is 4.79 Å². The lowest BCUT2D eigenvalue weighted by Crippen LogP contribution is -2.36. The van der Waals surface area contributed by atoms with Gasteiger partial charge in [-0.3, -0.25) is 0 Å². The summed E-state index contributed by atoms with van der Waals surface area (Å²) in [6.45, 7) is 16.3. The molecule has 0 radical (unpaired) electrons. The Kier molecular flexibility index (Phi) is 18.8. The number of rotatable bonds is 12. The van der Waals surface area contributed by atoms with Gasteiger partial charge in [0.2, 0.25) is 0 Å². The third-order valence-electron chi connectivity index (χ3n) is 4.05. The van der Waals surface area contributed by atoms with Crippen molar-refractivity contribution in [1.29, 1.82) is 0 Å². The summed E-state index contributed by atoms with van der Waals surface area (Å²) in [5, 5.41) is 0. The van der Waals surface area contributed by atoms with Crippen LogP contribution in [0.15, 0.2) is 0 Å². The molecule has 0 N–H and O–H groups in total. The van der Waals surface area contributed by atoms with E-state index in [-0.39, 0.29) is 12.2 Å². The molecule has 0 aliphatic heterocycles. The highest BCUT2D eigenvalue weighted by molar-refractivity contribution is 5.67. The summed E-state index contributed by atoms with van der Waals surface area (Å²) in [5.74, 6) is 0.371. The lowest BCUT2D eigenvalue weighted by molar-refractivity contribution is 0.0499. The molecule has 1 unspecified atom stereocenters. The van der Waals surface area contributed by atoms with E-state index >= 15 is 0 Å². The first-order chi connectivity index (χ1) is 11.0. The van der Waals surface area contributed by atoms with E-state index in [0.29, 0.717) is 5.92 Å². The maximum atomic E-state index is 12.3. The summed E-state index contributed by atoms with van der Waals surface area (Å²) in [5.41, 5.74) is 0. The van der Waals surface area contributed by atoms with E-state index in [0.717, 1.165) is 25.9 Å². The summed E-state index contributed by atoms with van der Waals surface area (Å²) < 4.78 is 5.57. The average Bonchev–Trinajstić information content (AvgIpc) is 2.55. The molecule has 0 bridgehead atoms. The van der Waals surface area contributed by atoms with Crippen LogP contribution in [0.1, 0.15) is 99.8 Å². The van der Waals surface area contributed by atoms with Gasteiger partial charge >= 0.3 is 6.09 Å². The van der Waals surface area contributed by atoms with Crippen molar-refractivity contribution < 1.29 is 9.53 Å². The number of unbranched alkanes of at least 4 members (excludes halogenated alkanes) is 6. The van der Waals surface area contributed by atoms with E-state index in [1.54, 1.807) is 0 Å². The third kappa shape index (κ3) is 14.6. The van der Waals surface area contributed by atoms with Gasteiger partial charge in [-0.2, -0.15) is 0 Å². The maximum Gasteiger partial charge on any atom is 0.410 e. The van der Waals surface area contributed by atoms with Gasteiger partial charge in [0, 0.05) is 13.1 Å². The SMILES string of the molecule is CC.CCCCCCN(CCCCCC)C(=O)OC(C)C(C)C. The van der Waals surface area contributed by atoms with Crippen molar-refractivity contribution in [2.75, 3.05) is 13.1 Å². The van der Waals surface area contributed by atoms with Crippen LogP contribution in [0.5, 0.6) is 0 Å². The summed E-state index contributed by atoms with van der Waals surface area (Å²) in [4.78, 5) is 14.2. The molecule has 1 atom stereocenters. The lowest BCUT2D eigenvalue weighted by Gasteiger charge is -2.25. The number of hydrogen-bond donors (Lipinski definition) is 0. The van der Waals surface area contributed by atoms with Crippen molar-refractivity contribution in [3.8, 4) is 0 Å².